The minimum absolute atomic E-state index is 0.1000. The molecule has 1 heterocycles. The van der Waals surface area contributed by atoms with Crippen LogP contribution in [-0.4, -0.2) is 44.9 Å². The lowest BCUT2D eigenvalue weighted by atomic mass is 10.1. The molecule has 144 valence electrons. The normalized spacial score (nSPS) is 15.5. The second-order valence-electron chi connectivity index (χ2n) is 6.05. The molecule has 1 aliphatic rings. The topological polar surface area (TPSA) is 75.7 Å². The number of ether oxygens (including phenoxy) is 1. The maximum atomic E-state index is 12.4. The van der Waals surface area contributed by atoms with Crippen molar-refractivity contribution in [2.75, 3.05) is 31.6 Å². The zero-order valence-corrected chi connectivity index (χ0v) is 17.5. The summed E-state index contributed by atoms with van der Waals surface area (Å²) in [7, 11) is -3.39. The molecule has 6 nitrogen and oxygen atoms in total. The Labute approximate surface area is 171 Å². The number of carbonyl (C=O) groups is 1. The summed E-state index contributed by atoms with van der Waals surface area (Å²) in [5, 5.41) is 3.26. The Morgan fingerprint density at radius 2 is 1.81 bits per heavy atom. The standard InChI is InChI=1S/C18H18BrClN2O4S/c19-16-6-5-15(11-17(16)20)21-18(23)14-3-1-13(2-4-14)12-27(24,25)22-7-9-26-10-8-22/h1-6,11H,7-10,12H2,(H,21,23). The molecule has 0 aromatic heterocycles. The van der Waals surface area contributed by atoms with Crippen molar-refractivity contribution < 1.29 is 17.9 Å². The lowest BCUT2D eigenvalue weighted by molar-refractivity contribution is 0.0729. The van der Waals surface area contributed by atoms with Crippen molar-refractivity contribution in [3.63, 3.8) is 0 Å². The fourth-order valence-electron chi connectivity index (χ4n) is 2.66. The van der Waals surface area contributed by atoms with Gasteiger partial charge in [0.15, 0.2) is 0 Å². The molecule has 2 aromatic carbocycles. The lowest BCUT2D eigenvalue weighted by Gasteiger charge is -2.26. The van der Waals surface area contributed by atoms with Gasteiger partial charge in [0.2, 0.25) is 10.0 Å². The molecule has 1 N–H and O–H groups in total. The van der Waals surface area contributed by atoms with Gasteiger partial charge in [-0.25, -0.2) is 8.42 Å². The summed E-state index contributed by atoms with van der Waals surface area (Å²) in [4.78, 5) is 12.3. The summed E-state index contributed by atoms with van der Waals surface area (Å²) in [5.74, 6) is -0.395. The van der Waals surface area contributed by atoms with E-state index in [0.717, 1.165) is 4.47 Å². The summed E-state index contributed by atoms with van der Waals surface area (Å²) in [6, 6.07) is 11.7. The fraction of sp³-hybridized carbons (Fsp3) is 0.278. The number of nitrogens with one attached hydrogen (secondary N) is 1. The first-order valence-corrected chi connectivity index (χ1v) is 11.0. The van der Waals surface area contributed by atoms with Crippen LogP contribution >= 0.6 is 27.5 Å². The molecule has 1 amide bonds. The Morgan fingerprint density at radius 3 is 2.44 bits per heavy atom. The Hall–Kier alpha value is -1.45. The summed E-state index contributed by atoms with van der Waals surface area (Å²) in [6.07, 6.45) is 0. The quantitative estimate of drug-likeness (QED) is 0.721. The molecule has 0 saturated carbocycles. The maximum absolute atomic E-state index is 12.4. The van der Waals surface area contributed by atoms with Crippen LogP contribution in [0, 0.1) is 0 Å². The molecule has 0 radical (unpaired) electrons. The number of carbonyl (C=O) groups excluding carboxylic acids is 1. The first kappa shape index (κ1) is 20.3. The van der Waals surface area contributed by atoms with Crippen molar-refractivity contribution in [3.8, 4) is 0 Å². The van der Waals surface area contributed by atoms with Crippen molar-refractivity contribution in [1.82, 2.24) is 4.31 Å². The zero-order chi connectivity index (χ0) is 19.4. The van der Waals surface area contributed by atoms with Crippen LogP contribution in [0.2, 0.25) is 5.02 Å². The number of hydrogen-bond acceptors (Lipinski definition) is 4. The fourth-order valence-corrected chi connectivity index (χ4v) is 4.59. The first-order valence-electron chi connectivity index (χ1n) is 8.26. The SMILES string of the molecule is O=C(Nc1ccc(Br)c(Cl)c1)c1ccc(CS(=O)(=O)N2CCOCC2)cc1. The van der Waals surface area contributed by atoms with E-state index in [1.807, 2.05) is 0 Å². The van der Waals surface area contributed by atoms with Gasteiger partial charge in [0.1, 0.15) is 0 Å². The number of benzene rings is 2. The molecule has 3 rings (SSSR count). The number of anilines is 1. The molecular formula is C18H18BrClN2O4S. The molecule has 1 fully saturated rings. The van der Waals surface area contributed by atoms with Gasteiger partial charge in [0.05, 0.1) is 24.0 Å². The van der Waals surface area contributed by atoms with E-state index in [2.05, 4.69) is 21.2 Å². The molecule has 0 bridgehead atoms. The van der Waals surface area contributed by atoms with E-state index < -0.39 is 10.0 Å². The summed E-state index contributed by atoms with van der Waals surface area (Å²) in [5.41, 5.74) is 1.64. The summed E-state index contributed by atoms with van der Waals surface area (Å²) in [6.45, 7) is 1.58. The van der Waals surface area contributed by atoms with Gasteiger partial charge in [-0.15, -0.1) is 0 Å². The highest BCUT2D eigenvalue weighted by molar-refractivity contribution is 9.10. The van der Waals surface area contributed by atoms with Crippen LogP contribution < -0.4 is 5.32 Å². The Bertz CT molecular complexity index is 929. The predicted molar refractivity (Wildman–Crippen MR) is 109 cm³/mol. The largest absolute Gasteiger partial charge is 0.379 e. The number of halogens is 2. The van der Waals surface area contributed by atoms with E-state index in [9.17, 15) is 13.2 Å². The molecule has 27 heavy (non-hydrogen) atoms. The molecule has 2 aromatic rings. The van der Waals surface area contributed by atoms with Gasteiger partial charge >= 0.3 is 0 Å². The summed E-state index contributed by atoms with van der Waals surface area (Å²) < 4.78 is 32.3. The smallest absolute Gasteiger partial charge is 0.255 e. The number of hydrogen-bond donors (Lipinski definition) is 1. The average Bonchev–Trinajstić information content (AvgIpc) is 2.66. The first-order chi connectivity index (χ1) is 12.8. The van der Waals surface area contributed by atoms with E-state index in [4.69, 9.17) is 16.3 Å². The van der Waals surface area contributed by atoms with Crippen molar-refractivity contribution >= 4 is 49.1 Å². The van der Waals surface area contributed by atoms with Crippen LogP contribution in [0.5, 0.6) is 0 Å². The average molecular weight is 474 g/mol. The molecule has 0 atom stereocenters. The molecule has 1 saturated heterocycles. The van der Waals surface area contributed by atoms with Crippen molar-refractivity contribution in [2.45, 2.75) is 5.75 Å². The second kappa shape index (κ2) is 8.70. The highest BCUT2D eigenvalue weighted by Gasteiger charge is 2.24. The van der Waals surface area contributed by atoms with Gasteiger partial charge in [0, 0.05) is 28.8 Å². The highest BCUT2D eigenvalue weighted by atomic mass is 79.9. The number of sulfonamides is 1. The molecular weight excluding hydrogens is 456 g/mol. The van der Waals surface area contributed by atoms with Crippen LogP contribution in [-0.2, 0) is 20.5 Å². The van der Waals surface area contributed by atoms with Gasteiger partial charge in [-0.05, 0) is 51.8 Å². The van der Waals surface area contributed by atoms with Crippen LogP contribution in [0.15, 0.2) is 46.9 Å². The van der Waals surface area contributed by atoms with Crippen LogP contribution in [0.3, 0.4) is 0 Å². The third-order valence-electron chi connectivity index (χ3n) is 4.11. The van der Waals surface area contributed by atoms with Crippen LogP contribution in [0.1, 0.15) is 15.9 Å². The molecule has 0 unspecified atom stereocenters. The number of rotatable bonds is 5. The van der Waals surface area contributed by atoms with E-state index >= 15 is 0 Å². The molecule has 9 heteroatoms. The van der Waals surface area contributed by atoms with Gasteiger partial charge in [-0.2, -0.15) is 4.31 Å². The van der Waals surface area contributed by atoms with Crippen LogP contribution in [0.25, 0.3) is 0 Å². The molecule has 1 aliphatic heterocycles. The Balaban J connectivity index is 1.65. The molecule has 0 spiro atoms. The predicted octanol–water partition coefficient (Wildman–Crippen LogP) is 3.52. The van der Waals surface area contributed by atoms with E-state index in [-0.39, 0.29) is 11.7 Å². The maximum Gasteiger partial charge on any atom is 0.255 e. The summed E-state index contributed by atoms with van der Waals surface area (Å²) >= 11 is 9.32. The van der Waals surface area contributed by atoms with E-state index in [1.54, 1.807) is 42.5 Å². The van der Waals surface area contributed by atoms with E-state index in [0.29, 0.717) is 48.1 Å². The second-order valence-corrected chi connectivity index (χ2v) is 9.28. The van der Waals surface area contributed by atoms with Gasteiger partial charge in [-0.3, -0.25) is 4.79 Å². The van der Waals surface area contributed by atoms with Crippen LogP contribution in [0.4, 0.5) is 5.69 Å². The lowest BCUT2D eigenvalue weighted by Crippen LogP contribution is -2.41. The third-order valence-corrected chi connectivity index (χ3v) is 7.19. The minimum Gasteiger partial charge on any atom is -0.379 e. The van der Waals surface area contributed by atoms with Gasteiger partial charge < -0.3 is 10.1 Å². The number of amides is 1. The zero-order valence-electron chi connectivity index (χ0n) is 14.3. The Morgan fingerprint density at radius 1 is 1.15 bits per heavy atom. The third kappa shape index (κ3) is 5.30. The van der Waals surface area contributed by atoms with E-state index in [1.165, 1.54) is 4.31 Å². The van der Waals surface area contributed by atoms with Crippen molar-refractivity contribution in [1.29, 1.82) is 0 Å². The molecule has 0 aliphatic carbocycles. The highest BCUT2D eigenvalue weighted by Crippen LogP contribution is 2.25. The van der Waals surface area contributed by atoms with Crippen molar-refractivity contribution in [2.24, 2.45) is 0 Å². The minimum atomic E-state index is -3.39. The Kier molecular flexibility index (Phi) is 6.54. The number of nitrogens with zero attached hydrogens (tertiary/aromatic N) is 1. The van der Waals surface area contributed by atoms with Gasteiger partial charge in [-0.1, -0.05) is 23.7 Å². The number of morpholine rings is 1. The monoisotopic (exact) mass is 472 g/mol. The van der Waals surface area contributed by atoms with Gasteiger partial charge in [0.25, 0.3) is 5.91 Å². The van der Waals surface area contributed by atoms with Crippen molar-refractivity contribution in [3.05, 3.63) is 63.1 Å².